The van der Waals surface area contributed by atoms with Gasteiger partial charge in [-0.1, -0.05) is 45.0 Å². The maximum Gasteiger partial charge on any atom is 0.161 e. The second kappa shape index (κ2) is 10.1. The molecule has 0 heterocycles. The quantitative estimate of drug-likeness (QED) is 0.569. The van der Waals surface area contributed by atoms with Crippen LogP contribution in [0.25, 0.3) is 0 Å². The van der Waals surface area contributed by atoms with Gasteiger partial charge in [0.25, 0.3) is 0 Å². The number of ether oxygens (including phenoxy) is 4. The van der Waals surface area contributed by atoms with E-state index in [-0.39, 0.29) is 5.41 Å². The number of benzene rings is 2. The van der Waals surface area contributed by atoms with Crippen LogP contribution >= 0.6 is 0 Å². The first-order chi connectivity index (χ1) is 12.5. The summed E-state index contributed by atoms with van der Waals surface area (Å²) in [5, 5.41) is 0. The maximum absolute atomic E-state index is 5.71. The molecule has 0 bridgehead atoms. The summed E-state index contributed by atoms with van der Waals surface area (Å²) in [5.74, 6) is 2.37. The van der Waals surface area contributed by atoms with Crippen molar-refractivity contribution in [3.63, 3.8) is 0 Å². The van der Waals surface area contributed by atoms with E-state index in [1.807, 2.05) is 43.3 Å². The van der Waals surface area contributed by atoms with Gasteiger partial charge in [-0.25, -0.2) is 0 Å². The summed E-state index contributed by atoms with van der Waals surface area (Å²) in [4.78, 5) is 0. The van der Waals surface area contributed by atoms with Crippen LogP contribution in [0, 0.1) is 0 Å². The Hall–Kier alpha value is -2.20. The summed E-state index contributed by atoms with van der Waals surface area (Å²) in [6.07, 6.45) is 0. The number of para-hydroxylation sites is 2. The van der Waals surface area contributed by atoms with Crippen LogP contribution in [0.2, 0.25) is 0 Å². The minimum Gasteiger partial charge on any atom is -0.491 e. The van der Waals surface area contributed by atoms with Gasteiger partial charge in [-0.3, -0.25) is 0 Å². The molecular formula is C22H30O4. The summed E-state index contributed by atoms with van der Waals surface area (Å²) < 4.78 is 22.5. The first-order valence-electron chi connectivity index (χ1n) is 9.16. The van der Waals surface area contributed by atoms with Crippen molar-refractivity contribution in [1.82, 2.24) is 0 Å². The molecule has 4 heteroatoms. The molecule has 0 fully saturated rings. The van der Waals surface area contributed by atoms with Crippen molar-refractivity contribution >= 4 is 0 Å². The Balaban J connectivity index is 1.61. The highest BCUT2D eigenvalue weighted by molar-refractivity contribution is 5.39. The molecule has 4 nitrogen and oxygen atoms in total. The topological polar surface area (TPSA) is 36.9 Å². The summed E-state index contributed by atoms with van der Waals surface area (Å²) in [7, 11) is 0. The highest BCUT2D eigenvalue weighted by atomic mass is 16.6. The standard InChI is InChI=1S/C22H30O4/c1-5-24-20-8-6-7-9-21(20)26-17-15-23-14-16-25-19-12-10-18(11-13-19)22(2,3)4/h6-13H,5,14-17H2,1-4H3. The van der Waals surface area contributed by atoms with Crippen molar-refractivity contribution < 1.29 is 18.9 Å². The summed E-state index contributed by atoms with van der Waals surface area (Å²) in [6.45, 7) is 11.2. The van der Waals surface area contributed by atoms with E-state index in [4.69, 9.17) is 18.9 Å². The second-order valence-corrected chi connectivity index (χ2v) is 6.96. The van der Waals surface area contributed by atoms with Gasteiger partial charge in [-0.05, 0) is 42.2 Å². The molecule has 0 amide bonds. The van der Waals surface area contributed by atoms with E-state index in [0.717, 1.165) is 17.2 Å². The third kappa shape index (κ3) is 6.60. The van der Waals surface area contributed by atoms with E-state index in [2.05, 4.69) is 32.9 Å². The summed E-state index contributed by atoms with van der Waals surface area (Å²) >= 11 is 0. The predicted molar refractivity (Wildman–Crippen MR) is 105 cm³/mol. The summed E-state index contributed by atoms with van der Waals surface area (Å²) in [6, 6.07) is 15.9. The zero-order valence-electron chi connectivity index (χ0n) is 16.3. The molecule has 0 aliphatic rings. The van der Waals surface area contributed by atoms with Crippen LogP contribution in [0.3, 0.4) is 0 Å². The largest absolute Gasteiger partial charge is 0.491 e. The van der Waals surface area contributed by atoms with Crippen LogP contribution in [0.1, 0.15) is 33.3 Å². The van der Waals surface area contributed by atoms with Gasteiger partial charge in [-0.2, -0.15) is 0 Å². The molecule has 0 aromatic heterocycles. The van der Waals surface area contributed by atoms with E-state index in [0.29, 0.717) is 33.0 Å². The van der Waals surface area contributed by atoms with Crippen LogP contribution in [-0.2, 0) is 10.2 Å². The first-order valence-corrected chi connectivity index (χ1v) is 9.16. The van der Waals surface area contributed by atoms with Crippen molar-refractivity contribution in [1.29, 1.82) is 0 Å². The van der Waals surface area contributed by atoms with Gasteiger partial charge < -0.3 is 18.9 Å². The van der Waals surface area contributed by atoms with Gasteiger partial charge in [0.05, 0.1) is 19.8 Å². The highest BCUT2D eigenvalue weighted by Crippen LogP contribution is 2.26. The molecule has 26 heavy (non-hydrogen) atoms. The third-order valence-electron chi connectivity index (χ3n) is 3.85. The molecule has 2 aromatic carbocycles. The molecule has 142 valence electrons. The average molecular weight is 358 g/mol. The Kier molecular flexibility index (Phi) is 7.79. The second-order valence-electron chi connectivity index (χ2n) is 6.96. The number of rotatable bonds is 10. The lowest BCUT2D eigenvalue weighted by Crippen LogP contribution is -2.13. The van der Waals surface area contributed by atoms with Crippen LogP contribution in [0.5, 0.6) is 17.2 Å². The van der Waals surface area contributed by atoms with Crippen LogP contribution in [0.4, 0.5) is 0 Å². The van der Waals surface area contributed by atoms with Gasteiger partial charge in [0.1, 0.15) is 19.0 Å². The molecule has 0 aliphatic heterocycles. The maximum atomic E-state index is 5.71. The lowest BCUT2D eigenvalue weighted by atomic mass is 9.87. The van der Waals surface area contributed by atoms with Crippen LogP contribution in [0.15, 0.2) is 48.5 Å². The van der Waals surface area contributed by atoms with Gasteiger partial charge in [0.2, 0.25) is 0 Å². The Morgan fingerprint density at radius 2 is 1.27 bits per heavy atom. The van der Waals surface area contributed by atoms with Crippen LogP contribution < -0.4 is 14.2 Å². The first kappa shape index (κ1) is 20.1. The molecule has 0 saturated carbocycles. The number of hydrogen-bond acceptors (Lipinski definition) is 4. The van der Waals surface area contributed by atoms with Crippen molar-refractivity contribution in [2.75, 3.05) is 33.0 Å². The molecule has 0 atom stereocenters. The Morgan fingerprint density at radius 1 is 0.692 bits per heavy atom. The molecule has 2 aromatic rings. The zero-order valence-corrected chi connectivity index (χ0v) is 16.3. The van der Waals surface area contributed by atoms with E-state index in [1.165, 1.54) is 5.56 Å². The molecule has 0 spiro atoms. The third-order valence-corrected chi connectivity index (χ3v) is 3.85. The van der Waals surface area contributed by atoms with E-state index in [9.17, 15) is 0 Å². The lowest BCUT2D eigenvalue weighted by Gasteiger charge is -2.19. The molecule has 0 saturated heterocycles. The Morgan fingerprint density at radius 3 is 1.85 bits per heavy atom. The van der Waals surface area contributed by atoms with Gasteiger partial charge in [0.15, 0.2) is 11.5 Å². The normalized spacial score (nSPS) is 11.2. The molecule has 0 aliphatic carbocycles. The SMILES string of the molecule is CCOc1ccccc1OCCOCCOc1ccc(C(C)(C)C)cc1. The summed E-state index contributed by atoms with van der Waals surface area (Å²) in [5.41, 5.74) is 1.45. The number of hydrogen-bond donors (Lipinski definition) is 0. The van der Waals surface area contributed by atoms with Gasteiger partial charge >= 0.3 is 0 Å². The van der Waals surface area contributed by atoms with Crippen molar-refractivity contribution in [3.8, 4) is 17.2 Å². The van der Waals surface area contributed by atoms with Crippen molar-refractivity contribution in [2.24, 2.45) is 0 Å². The fourth-order valence-corrected chi connectivity index (χ4v) is 2.43. The molecular weight excluding hydrogens is 328 g/mol. The van der Waals surface area contributed by atoms with E-state index >= 15 is 0 Å². The molecule has 0 unspecified atom stereocenters. The average Bonchev–Trinajstić information content (AvgIpc) is 2.62. The minimum absolute atomic E-state index is 0.155. The van der Waals surface area contributed by atoms with E-state index in [1.54, 1.807) is 0 Å². The fraction of sp³-hybridized carbons (Fsp3) is 0.455. The molecule has 0 radical (unpaired) electrons. The zero-order chi connectivity index (χ0) is 18.8. The Bertz CT molecular complexity index is 644. The van der Waals surface area contributed by atoms with Gasteiger partial charge in [0, 0.05) is 0 Å². The van der Waals surface area contributed by atoms with Gasteiger partial charge in [-0.15, -0.1) is 0 Å². The molecule has 0 N–H and O–H groups in total. The minimum atomic E-state index is 0.155. The van der Waals surface area contributed by atoms with Crippen molar-refractivity contribution in [3.05, 3.63) is 54.1 Å². The highest BCUT2D eigenvalue weighted by Gasteiger charge is 2.12. The lowest BCUT2D eigenvalue weighted by molar-refractivity contribution is 0.0755. The monoisotopic (exact) mass is 358 g/mol. The Labute approximate surface area is 157 Å². The predicted octanol–water partition coefficient (Wildman–Crippen LogP) is 4.86. The van der Waals surface area contributed by atoms with Crippen molar-refractivity contribution in [2.45, 2.75) is 33.1 Å². The fourth-order valence-electron chi connectivity index (χ4n) is 2.43. The van der Waals surface area contributed by atoms with E-state index < -0.39 is 0 Å². The van der Waals surface area contributed by atoms with Crippen LogP contribution in [-0.4, -0.2) is 33.0 Å². The smallest absolute Gasteiger partial charge is 0.161 e. The molecule has 2 rings (SSSR count).